The first-order chi connectivity index (χ1) is 34.1. The van der Waals surface area contributed by atoms with Crippen LogP contribution >= 0.6 is 0 Å². The molecule has 9 amide bonds. The maximum absolute atomic E-state index is 14.1. The summed E-state index contributed by atoms with van der Waals surface area (Å²) in [7, 11) is 1.33. The number of primary amides is 2. The number of carbonyl (C=O) groups excluding carboxylic acids is 9. The Morgan fingerprint density at radius 3 is 1.19 bits per heavy atom. The Balaban J connectivity index is 6.14. The normalized spacial score (nSPS) is 13.4. The molecule has 0 radical (unpaired) electrons. The highest BCUT2D eigenvalue weighted by molar-refractivity contribution is 5.97. The number of rotatable bonds is 42. The average Bonchev–Trinajstić information content (AvgIpc) is 3.31. The molecule has 0 fully saturated rings. The molecule has 0 spiro atoms. The van der Waals surface area contributed by atoms with Crippen LogP contribution in [-0.2, 0) is 43.2 Å². The Labute approximate surface area is 426 Å². The topological polar surface area (TPSA) is 414 Å². The molecular weight excluding hydrogens is 931 g/mol. The van der Waals surface area contributed by atoms with Gasteiger partial charge in [-0.2, -0.15) is 0 Å². The number of carbonyl (C=O) groups is 9. The number of hydrogen-bond acceptors (Lipinski definition) is 11. The van der Waals surface area contributed by atoms with Gasteiger partial charge >= 0.3 is 0 Å². The molecule has 24 nitrogen and oxygen atoms in total. The molecule has 0 aromatic rings. The van der Waals surface area contributed by atoms with Crippen molar-refractivity contribution in [2.45, 2.75) is 212 Å². The molecule has 19 N–H and O–H groups in total. The average molecular weight is 1020 g/mol. The van der Waals surface area contributed by atoms with Gasteiger partial charge in [-0.3, -0.25) is 54.0 Å². The van der Waals surface area contributed by atoms with E-state index in [0.717, 1.165) is 25.7 Å². The Morgan fingerprint density at radius 1 is 0.417 bits per heavy atom. The SMILES string of the molecule is CCCCCCCCCCCCCCCC(=O)N[C@@H](CCCNC(=N)N)C(=O)N[C@@H](CC(C)C)C(=O)N[C@@H](CCCNC(=N)N)C(=O)N[C@@H](CCC(N)=O)C(=O)N[C@@H](C)C(=O)N[C@@H](CCC(N)=O)C(=O)NC. The first-order valence-electron chi connectivity index (χ1n) is 25.9. The molecule has 6 atom stereocenters. The fourth-order valence-corrected chi connectivity index (χ4v) is 7.65. The number of unbranched alkanes of at least 4 members (excludes halogenated alkanes) is 12. The van der Waals surface area contributed by atoms with Gasteiger partial charge in [-0.15, -0.1) is 0 Å². The van der Waals surface area contributed by atoms with Crippen LogP contribution in [0.25, 0.3) is 0 Å². The van der Waals surface area contributed by atoms with Gasteiger partial charge in [-0.05, 0) is 64.2 Å². The van der Waals surface area contributed by atoms with Gasteiger partial charge in [0.25, 0.3) is 0 Å². The van der Waals surface area contributed by atoms with Crippen LogP contribution in [-0.4, -0.2) is 121 Å². The van der Waals surface area contributed by atoms with Gasteiger partial charge < -0.3 is 70.8 Å². The van der Waals surface area contributed by atoms with Crippen LogP contribution in [0.1, 0.15) is 175 Å². The van der Waals surface area contributed by atoms with E-state index in [9.17, 15) is 43.2 Å². The maximum Gasteiger partial charge on any atom is 0.243 e. The van der Waals surface area contributed by atoms with Crippen LogP contribution in [0, 0.1) is 16.7 Å². The van der Waals surface area contributed by atoms with E-state index in [1.807, 2.05) is 13.8 Å². The van der Waals surface area contributed by atoms with E-state index in [1.165, 1.54) is 65.3 Å². The molecule has 0 aliphatic rings. The van der Waals surface area contributed by atoms with Gasteiger partial charge in [-0.25, -0.2) is 0 Å². The van der Waals surface area contributed by atoms with Crippen molar-refractivity contribution in [1.82, 2.24) is 47.9 Å². The van der Waals surface area contributed by atoms with Crippen molar-refractivity contribution in [3.63, 3.8) is 0 Å². The largest absolute Gasteiger partial charge is 0.370 e. The van der Waals surface area contributed by atoms with E-state index in [4.69, 9.17) is 33.8 Å². The van der Waals surface area contributed by atoms with Gasteiger partial charge in [-0.1, -0.05) is 97.8 Å². The number of nitrogens with two attached hydrogens (primary N) is 4. The van der Waals surface area contributed by atoms with Crippen LogP contribution in [0.4, 0.5) is 0 Å². The highest BCUT2D eigenvalue weighted by Crippen LogP contribution is 2.14. The first kappa shape index (κ1) is 65.8. The van der Waals surface area contributed by atoms with Gasteiger partial charge in [0.2, 0.25) is 53.2 Å². The Hall–Kier alpha value is -6.23. The van der Waals surface area contributed by atoms with E-state index in [0.29, 0.717) is 12.8 Å². The third-order valence-corrected chi connectivity index (χ3v) is 11.7. The molecular formula is C48H91N15O9. The van der Waals surface area contributed by atoms with E-state index in [1.54, 1.807) is 0 Å². The summed E-state index contributed by atoms with van der Waals surface area (Å²) in [6.45, 7) is 7.55. The second-order valence-corrected chi connectivity index (χ2v) is 18.8. The third kappa shape index (κ3) is 33.4. The predicted octanol–water partition coefficient (Wildman–Crippen LogP) is 0.246. The van der Waals surface area contributed by atoms with E-state index < -0.39 is 83.5 Å². The fraction of sp³-hybridized carbons (Fsp3) is 0.771. The van der Waals surface area contributed by atoms with Gasteiger partial charge in [0, 0.05) is 39.4 Å². The minimum absolute atomic E-state index is 0.0592. The quantitative estimate of drug-likeness (QED) is 0.0222. The van der Waals surface area contributed by atoms with Crippen molar-refractivity contribution in [2.24, 2.45) is 28.9 Å². The van der Waals surface area contributed by atoms with Crippen molar-refractivity contribution in [3.8, 4) is 0 Å². The smallest absolute Gasteiger partial charge is 0.243 e. The molecule has 0 saturated carbocycles. The Morgan fingerprint density at radius 2 is 0.778 bits per heavy atom. The third-order valence-electron chi connectivity index (χ3n) is 11.7. The van der Waals surface area contributed by atoms with Gasteiger partial charge in [0.1, 0.15) is 36.3 Å². The Bertz CT molecular complexity index is 1720. The summed E-state index contributed by atoms with van der Waals surface area (Å²) in [6.07, 6.45) is 14.9. The lowest BCUT2D eigenvalue weighted by Crippen LogP contribution is -2.59. The summed E-state index contributed by atoms with van der Waals surface area (Å²) in [5.74, 6) is -7.15. The molecule has 0 rings (SSSR count). The van der Waals surface area contributed by atoms with Crippen molar-refractivity contribution < 1.29 is 43.2 Å². The van der Waals surface area contributed by atoms with E-state index in [-0.39, 0.29) is 94.6 Å². The number of likely N-dealkylation sites (N-methyl/N-ethyl adjacent to an activating group) is 1. The Kier molecular flexibility index (Phi) is 36.0. The second-order valence-electron chi connectivity index (χ2n) is 18.8. The summed E-state index contributed by atoms with van der Waals surface area (Å²) in [5.41, 5.74) is 21.5. The maximum atomic E-state index is 14.1. The monoisotopic (exact) mass is 1020 g/mol. The van der Waals surface area contributed by atoms with Crippen molar-refractivity contribution in [2.75, 3.05) is 20.1 Å². The molecule has 72 heavy (non-hydrogen) atoms. The molecule has 24 heteroatoms. The molecule has 0 bridgehead atoms. The van der Waals surface area contributed by atoms with Crippen molar-refractivity contribution in [1.29, 1.82) is 10.8 Å². The van der Waals surface area contributed by atoms with Gasteiger partial charge in [0.15, 0.2) is 11.9 Å². The number of nitrogens with one attached hydrogen (secondary N) is 11. The van der Waals surface area contributed by atoms with Crippen molar-refractivity contribution >= 4 is 65.1 Å². The van der Waals surface area contributed by atoms with Gasteiger partial charge in [0.05, 0.1) is 0 Å². The lowest BCUT2D eigenvalue weighted by Gasteiger charge is -2.28. The van der Waals surface area contributed by atoms with Crippen LogP contribution in [0.5, 0.6) is 0 Å². The highest BCUT2D eigenvalue weighted by atomic mass is 16.2. The molecule has 0 saturated heterocycles. The highest BCUT2D eigenvalue weighted by Gasteiger charge is 2.33. The minimum Gasteiger partial charge on any atom is -0.370 e. The lowest BCUT2D eigenvalue weighted by atomic mass is 10.0. The minimum atomic E-state index is -1.47. The fourth-order valence-electron chi connectivity index (χ4n) is 7.65. The molecule has 0 aliphatic carbocycles. The lowest BCUT2D eigenvalue weighted by molar-refractivity contribution is -0.135. The summed E-state index contributed by atoms with van der Waals surface area (Å²) >= 11 is 0. The predicted molar refractivity (Wildman–Crippen MR) is 276 cm³/mol. The van der Waals surface area contributed by atoms with Crippen LogP contribution in [0.3, 0.4) is 0 Å². The molecule has 412 valence electrons. The molecule has 0 heterocycles. The van der Waals surface area contributed by atoms with E-state index in [2.05, 4.69) is 54.8 Å². The number of guanidine groups is 2. The summed E-state index contributed by atoms with van der Waals surface area (Å²) in [5, 5.41) is 38.4. The molecule has 0 aromatic heterocycles. The summed E-state index contributed by atoms with van der Waals surface area (Å²) in [6, 6.07) is -7.52. The summed E-state index contributed by atoms with van der Waals surface area (Å²) in [4.78, 5) is 118. The molecule has 0 aliphatic heterocycles. The first-order valence-corrected chi connectivity index (χ1v) is 25.9. The van der Waals surface area contributed by atoms with Crippen LogP contribution in [0.15, 0.2) is 0 Å². The zero-order valence-electron chi connectivity index (χ0n) is 43.7. The molecule has 0 aromatic carbocycles. The van der Waals surface area contributed by atoms with Crippen LogP contribution in [0.2, 0.25) is 0 Å². The number of amides is 9. The zero-order chi connectivity index (χ0) is 54.4. The van der Waals surface area contributed by atoms with E-state index >= 15 is 0 Å². The molecule has 0 unspecified atom stereocenters. The van der Waals surface area contributed by atoms with Crippen molar-refractivity contribution in [3.05, 3.63) is 0 Å². The standard InChI is InChI=1S/C48H91N15O9/c1-6-7-8-9-10-11-12-13-14-15-16-17-18-23-40(66)59-33(21-19-28-56-47(51)52)44(70)63-37(30-31(2)3)46(72)61-34(22-20-29-57-48(53)54)45(71)62-36(25-27-39(50)65)43(69)58-32(4)41(67)60-35(42(68)55-5)24-26-38(49)64/h31-37H,6-30H2,1-5H3,(H2,49,64)(H2,50,65)(H,55,68)(H,58,69)(H,59,66)(H,60,67)(H,61,72)(H,62,71)(H,63,70)(H4,51,52,56)(H4,53,54,57)/t32-,33-,34-,35-,36-,37-/m0/s1. The zero-order valence-corrected chi connectivity index (χ0v) is 43.7. The number of hydrogen-bond donors (Lipinski definition) is 15. The second kappa shape index (κ2) is 39.4. The summed E-state index contributed by atoms with van der Waals surface area (Å²) < 4.78 is 0. The van der Waals surface area contributed by atoms with Crippen LogP contribution < -0.4 is 70.8 Å².